The highest BCUT2D eigenvalue weighted by atomic mass is 32.2. The average Bonchev–Trinajstić information content (AvgIpc) is 3.18. The molecule has 1 aromatic carbocycles. The predicted octanol–water partition coefficient (Wildman–Crippen LogP) is 3.83. The van der Waals surface area contributed by atoms with E-state index in [2.05, 4.69) is 16.9 Å². The predicted molar refractivity (Wildman–Crippen MR) is 126 cm³/mol. The molecule has 0 fully saturated rings. The molecule has 3 N–H and O–H groups in total. The Morgan fingerprint density at radius 2 is 2.00 bits per heavy atom. The van der Waals surface area contributed by atoms with Crippen molar-refractivity contribution in [3.8, 4) is 11.3 Å². The van der Waals surface area contributed by atoms with Gasteiger partial charge in [0.2, 0.25) is 17.0 Å². The van der Waals surface area contributed by atoms with Crippen LogP contribution in [-0.4, -0.2) is 48.6 Å². The largest absolute Gasteiger partial charge is 0.481 e. The van der Waals surface area contributed by atoms with Crippen molar-refractivity contribution in [1.82, 2.24) is 14.6 Å². The van der Waals surface area contributed by atoms with Crippen LogP contribution in [0.15, 0.2) is 41.3 Å². The first kappa shape index (κ1) is 25.2. The lowest BCUT2D eigenvalue weighted by Crippen LogP contribution is -2.27. The number of benzene rings is 1. The van der Waals surface area contributed by atoms with Gasteiger partial charge in [0.25, 0.3) is 5.91 Å². The molecule has 3 aromatic rings. The number of halogens is 1. The third-order valence-electron chi connectivity index (χ3n) is 5.17. The summed E-state index contributed by atoms with van der Waals surface area (Å²) in [6.07, 6.45) is 2.25. The first-order chi connectivity index (χ1) is 16.2. The topological polar surface area (TPSA) is 133 Å². The van der Waals surface area contributed by atoms with Crippen LogP contribution in [0.25, 0.3) is 28.5 Å². The number of hydrogen-bond acceptors (Lipinski definition) is 5. The van der Waals surface area contributed by atoms with Gasteiger partial charge in [-0.3, -0.25) is 14.1 Å². The number of pyridine rings is 1. The molecule has 34 heavy (non-hydrogen) atoms. The van der Waals surface area contributed by atoms with Crippen LogP contribution in [0.4, 0.5) is 4.39 Å². The van der Waals surface area contributed by atoms with Crippen LogP contribution in [0.2, 0.25) is 0 Å². The molecule has 2 aromatic heterocycles. The van der Waals surface area contributed by atoms with Crippen molar-refractivity contribution in [2.75, 3.05) is 13.6 Å². The van der Waals surface area contributed by atoms with E-state index in [-0.39, 0.29) is 36.5 Å². The zero-order valence-electron chi connectivity index (χ0n) is 18.4. The smallest absolute Gasteiger partial charge is 0.303 e. The third-order valence-corrected chi connectivity index (χ3v) is 5.92. The number of fused-ring (bicyclic) bond motifs is 1. The number of rotatable bonds is 11. The number of aliphatic carboxylic acids is 1. The van der Waals surface area contributed by atoms with Crippen LogP contribution >= 0.6 is 0 Å². The second-order valence-electron chi connectivity index (χ2n) is 7.42. The Bertz CT molecular complexity index is 1240. The van der Waals surface area contributed by atoms with Crippen LogP contribution in [0.3, 0.4) is 0 Å². The molecule has 3 rings (SSSR count). The van der Waals surface area contributed by atoms with E-state index in [0.717, 1.165) is 0 Å². The maximum Gasteiger partial charge on any atom is 0.303 e. The van der Waals surface area contributed by atoms with Crippen molar-refractivity contribution >= 4 is 40.3 Å². The zero-order valence-corrected chi connectivity index (χ0v) is 19.2. The van der Waals surface area contributed by atoms with Gasteiger partial charge in [0.05, 0.1) is 23.2 Å². The Labute approximate surface area is 197 Å². The number of amides is 1. The maximum atomic E-state index is 13.4. The Morgan fingerprint density at radius 1 is 1.29 bits per heavy atom. The lowest BCUT2D eigenvalue weighted by Gasteiger charge is -2.18. The van der Waals surface area contributed by atoms with Crippen molar-refractivity contribution < 1.29 is 32.3 Å². The number of carbonyl (C=O) groups is 2. The number of furan rings is 1. The van der Waals surface area contributed by atoms with Crippen molar-refractivity contribution in [1.29, 1.82) is 0 Å². The van der Waals surface area contributed by atoms with Crippen LogP contribution in [0, 0.1) is 5.82 Å². The molecule has 2 heterocycles. The van der Waals surface area contributed by atoms with Crippen molar-refractivity contribution in [2.24, 2.45) is 0 Å². The molecule has 0 aliphatic heterocycles. The van der Waals surface area contributed by atoms with Gasteiger partial charge in [-0.15, -0.1) is 0 Å². The molecule has 9 nitrogen and oxygen atoms in total. The monoisotopic (exact) mass is 489 g/mol. The van der Waals surface area contributed by atoms with Gasteiger partial charge >= 0.3 is 5.97 Å². The summed E-state index contributed by atoms with van der Waals surface area (Å²) in [5.74, 6) is -1.57. The quantitative estimate of drug-likeness (QED) is 0.275. The fraction of sp³-hybridized carbons (Fsp3) is 0.261. The van der Waals surface area contributed by atoms with Crippen LogP contribution in [0.5, 0.6) is 0 Å². The molecular weight excluding hydrogens is 465 g/mol. The molecular formula is C23H24FN3O6S. The van der Waals surface area contributed by atoms with Crippen LogP contribution < -0.4 is 5.32 Å². The highest BCUT2D eigenvalue weighted by Gasteiger charge is 2.24. The summed E-state index contributed by atoms with van der Waals surface area (Å²) in [5, 5.41) is 11.7. The molecule has 11 heteroatoms. The lowest BCUT2D eigenvalue weighted by molar-refractivity contribution is -0.137. The first-order valence-electron chi connectivity index (χ1n) is 10.4. The van der Waals surface area contributed by atoms with E-state index in [0.29, 0.717) is 35.0 Å². The third kappa shape index (κ3) is 5.74. The summed E-state index contributed by atoms with van der Waals surface area (Å²) in [7, 11) is 1.48. The number of nitrogens with one attached hydrogen (secondary N) is 1. The van der Waals surface area contributed by atoms with E-state index in [1.165, 1.54) is 41.7 Å². The molecule has 0 bridgehead atoms. The number of carboxylic acid groups (broad SMARTS) is 1. The van der Waals surface area contributed by atoms with Gasteiger partial charge in [-0.2, -0.15) is 4.31 Å². The van der Waals surface area contributed by atoms with E-state index in [1.807, 2.05) is 0 Å². The van der Waals surface area contributed by atoms with E-state index in [4.69, 9.17) is 9.52 Å². The van der Waals surface area contributed by atoms with Gasteiger partial charge in [0.1, 0.15) is 11.6 Å². The van der Waals surface area contributed by atoms with E-state index in [1.54, 1.807) is 6.07 Å². The summed E-state index contributed by atoms with van der Waals surface area (Å²) in [6.45, 7) is 3.92. The van der Waals surface area contributed by atoms with Gasteiger partial charge < -0.3 is 14.8 Å². The number of carboxylic acids is 1. The minimum atomic E-state index is -2.32. The van der Waals surface area contributed by atoms with Gasteiger partial charge in [-0.25, -0.2) is 13.6 Å². The minimum Gasteiger partial charge on any atom is -0.481 e. The first-order valence-corrected chi connectivity index (χ1v) is 11.5. The van der Waals surface area contributed by atoms with Crippen molar-refractivity contribution in [3.05, 3.63) is 59.5 Å². The molecule has 1 unspecified atom stereocenters. The van der Waals surface area contributed by atoms with Crippen molar-refractivity contribution in [3.63, 3.8) is 0 Å². The number of unbranched alkanes of at least 4 members (excludes halogenated alkanes) is 1. The van der Waals surface area contributed by atoms with Gasteiger partial charge in [-0.05, 0) is 48.7 Å². The van der Waals surface area contributed by atoms with Crippen LogP contribution in [-0.2, 0) is 22.6 Å². The molecule has 1 amide bonds. The fourth-order valence-electron chi connectivity index (χ4n) is 3.48. The molecule has 0 radical (unpaired) electrons. The minimum absolute atomic E-state index is 0.0324. The highest BCUT2D eigenvalue weighted by molar-refractivity contribution is 7.76. The number of aromatic nitrogens is 1. The standard InChI is InChI=1S/C23H24FN3O6S/c1-3-14-12-17-20(22(30)25-2)21(15-7-9-16(24)10-8-15)33-23(17)26-18(14)13-27(34(31)32)11-5-4-6-19(28)29/h3,7-10,12H,1,4-6,11,13H2,2H3,(H,25,30)(H,28,29)(H,31,32). The lowest BCUT2D eigenvalue weighted by atomic mass is 10.0. The molecule has 1 atom stereocenters. The molecule has 0 spiro atoms. The Hall–Kier alpha value is -3.41. The Kier molecular flexibility index (Phi) is 8.26. The molecule has 0 aliphatic rings. The Morgan fingerprint density at radius 3 is 2.59 bits per heavy atom. The van der Waals surface area contributed by atoms with Gasteiger partial charge in [-0.1, -0.05) is 12.7 Å². The number of hydrogen-bond donors (Lipinski definition) is 3. The number of carbonyl (C=O) groups excluding carboxylic acids is 1. The summed E-state index contributed by atoms with van der Waals surface area (Å²) < 4.78 is 42.1. The van der Waals surface area contributed by atoms with Crippen LogP contribution in [0.1, 0.15) is 40.9 Å². The SMILES string of the molecule is C=Cc1cc2c(C(=O)NC)c(-c3ccc(F)cc3)oc2nc1CN(CCCCC(=O)O)S(=O)O. The zero-order chi connectivity index (χ0) is 24.8. The summed E-state index contributed by atoms with van der Waals surface area (Å²) in [6, 6.07) is 7.14. The van der Waals surface area contributed by atoms with E-state index in [9.17, 15) is 22.7 Å². The molecule has 0 aliphatic carbocycles. The molecule has 0 saturated heterocycles. The van der Waals surface area contributed by atoms with E-state index >= 15 is 0 Å². The summed E-state index contributed by atoms with van der Waals surface area (Å²) >= 11 is -2.32. The summed E-state index contributed by atoms with van der Waals surface area (Å²) in [4.78, 5) is 27.9. The second kappa shape index (κ2) is 11.1. The van der Waals surface area contributed by atoms with Crippen molar-refractivity contribution in [2.45, 2.75) is 25.8 Å². The fourth-order valence-corrected chi connectivity index (χ4v) is 3.99. The molecule has 0 saturated carbocycles. The second-order valence-corrected chi connectivity index (χ2v) is 8.40. The highest BCUT2D eigenvalue weighted by Crippen LogP contribution is 2.34. The maximum absolute atomic E-state index is 13.4. The Balaban J connectivity index is 2.02. The van der Waals surface area contributed by atoms with Gasteiger partial charge in [0, 0.05) is 25.6 Å². The number of nitrogens with zero attached hydrogens (tertiary/aromatic N) is 2. The average molecular weight is 490 g/mol. The summed E-state index contributed by atoms with van der Waals surface area (Å²) in [5.41, 5.74) is 1.77. The van der Waals surface area contributed by atoms with Gasteiger partial charge in [0.15, 0.2) is 0 Å². The molecule has 180 valence electrons. The normalized spacial score (nSPS) is 12.1. The van der Waals surface area contributed by atoms with E-state index < -0.39 is 29.0 Å².